The van der Waals surface area contributed by atoms with Crippen LogP contribution in [0.1, 0.15) is 31.4 Å². The van der Waals surface area contributed by atoms with E-state index in [2.05, 4.69) is 24.8 Å². The molecule has 0 radical (unpaired) electrons. The number of nitrogens with zero attached hydrogens (tertiary/aromatic N) is 2. The molecule has 1 rings (SSSR count). The summed E-state index contributed by atoms with van der Waals surface area (Å²) in [6.45, 7) is 5.55. The summed E-state index contributed by atoms with van der Waals surface area (Å²) in [5.41, 5.74) is 1.87. The van der Waals surface area contributed by atoms with Crippen LogP contribution in [0.25, 0.3) is 0 Å². The molecule has 0 fully saturated rings. The van der Waals surface area contributed by atoms with Gasteiger partial charge in [0.2, 0.25) is 0 Å². The molecule has 1 aromatic rings. The lowest BCUT2D eigenvalue weighted by Crippen LogP contribution is -2.31. The van der Waals surface area contributed by atoms with Gasteiger partial charge in [-0.2, -0.15) is 5.26 Å². The minimum Gasteiger partial charge on any atom is -0.481 e. The maximum atomic E-state index is 10.9. The number of carbonyl (C=O) groups is 1. The molecule has 0 amide bonds. The van der Waals surface area contributed by atoms with Crippen LogP contribution in [0.15, 0.2) is 24.3 Å². The zero-order valence-electron chi connectivity index (χ0n) is 11.5. The molecule has 4 heteroatoms. The van der Waals surface area contributed by atoms with Crippen LogP contribution in [0.3, 0.4) is 0 Å². The van der Waals surface area contributed by atoms with Gasteiger partial charge >= 0.3 is 5.97 Å². The van der Waals surface area contributed by atoms with E-state index in [0.717, 1.165) is 11.1 Å². The average Bonchev–Trinajstić information content (AvgIpc) is 2.35. The summed E-state index contributed by atoms with van der Waals surface area (Å²) in [5.74, 6) is -0.819. The smallest absolute Gasteiger partial charge is 0.307 e. The highest BCUT2D eigenvalue weighted by molar-refractivity contribution is 5.70. The Morgan fingerprint density at radius 3 is 2.53 bits per heavy atom. The highest BCUT2D eigenvalue weighted by Crippen LogP contribution is 2.14. The van der Waals surface area contributed by atoms with Crippen LogP contribution < -0.4 is 0 Å². The Balaban J connectivity index is 2.83. The number of hydrogen-bond donors (Lipinski definition) is 1. The standard InChI is InChI=1S/C15H20N2O2/c1-12(2)17(9-5-8-16)11-14-7-4-3-6-13(14)10-15(18)19/h3-4,6-7,12H,5,9-11H2,1-2H3,(H,18,19). The quantitative estimate of drug-likeness (QED) is 0.817. The summed E-state index contributed by atoms with van der Waals surface area (Å²) in [4.78, 5) is 13.0. The predicted molar refractivity (Wildman–Crippen MR) is 73.6 cm³/mol. The Morgan fingerprint density at radius 2 is 2.00 bits per heavy atom. The zero-order chi connectivity index (χ0) is 14.3. The Morgan fingerprint density at radius 1 is 1.37 bits per heavy atom. The molecule has 19 heavy (non-hydrogen) atoms. The third-order valence-corrected chi connectivity index (χ3v) is 3.07. The molecule has 0 saturated carbocycles. The Kier molecular flexibility index (Phi) is 6.04. The SMILES string of the molecule is CC(C)N(CCC#N)Cc1ccccc1CC(=O)O. The van der Waals surface area contributed by atoms with Gasteiger partial charge in [-0.1, -0.05) is 24.3 Å². The molecule has 0 unspecified atom stereocenters. The average molecular weight is 260 g/mol. The normalized spacial score (nSPS) is 10.7. The highest BCUT2D eigenvalue weighted by atomic mass is 16.4. The number of rotatable bonds is 7. The van der Waals surface area contributed by atoms with Gasteiger partial charge in [-0.3, -0.25) is 9.69 Å². The summed E-state index contributed by atoms with van der Waals surface area (Å²) in [6.07, 6.45) is 0.527. The Hall–Kier alpha value is -1.86. The van der Waals surface area contributed by atoms with Crippen molar-refractivity contribution in [2.75, 3.05) is 6.54 Å². The number of benzene rings is 1. The first-order valence-electron chi connectivity index (χ1n) is 6.44. The van der Waals surface area contributed by atoms with E-state index >= 15 is 0 Å². The minimum atomic E-state index is -0.819. The molecule has 0 saturated heterocycles. The fourth-order valence-corrected chi connectivity index (χ4v) is 1.98. The first kappa shape index (κ1) is 15.2. The topological polar surface area (TPSA) is 64.3 Å². The van der Waals surface area contributed by atoms with E-state index < -0.39 is 5.97 Å². The van der Waals surface area contributed by atoms with Crippen molar-refractivity contribution in [2.24, 2.45) is 0 Å². The molecule has 4 nitrogen and oxygen atoms in total. The predicted octanol–water partition coefficient (Wildman–Crippen LogP) is 2.44. The Bertz CT molecular complexity index is 463. The minimum absolute atomic E-state index is 0.0420. The van der Waals surface area contributed by atoms with E-state index in [-0.39, 0.29) is 6.42 Å². The van der Waals surface area contributed by atoms with Gasteiger partial charge in [0.05, 0.1) is 12.5 Å². The molecule has 0 heterocycles. The highest BCUT2D eigenvalue weighted by Gasteiger charge is 2.13. The van der Waals surface area contributed by atoms with Crippen molar-refractivity contribution in [3.05, 3.63) is 35.4 Å². The summed E-state index contributed by atoms with van der Waals surface area (Å²) in [7, 11) is 0. The lowest BCUT2D eigenvalue weighted by molar-refractivity contribution is -0.136. The third-order valence-electron chi connectivity index (χ3n) is 3.07. The molecule has 102 valence electrons. The molecule has 0 aliphatic heterocycles. The van der Waals surface area contributed by atoms with Gasteiger partial charge in [0.25, 0.3) is 0 Å². The lowest BCUT2D eigenvalue weighted by atomic mass is 10.0. The number of hydrogen-bond acceptors (Lipinski definition) is 3. The first-order chi connectivity index (χ1) is 9.04. The van der Waals surface area contributed by atoms with Gasteiger partial charge in [-0.25, -0.2) is 0 Å². The molecule has 0 aliphatic carbocycles. The molecule has 0 aromatic heterocycles. The van der Waals surface area contributed by atoms with E-state index in [1.807, 2.05) is 24.3 Å². The van der Waals surface area contributed by atoms with Crippen molar-refractivity contribution in [2.45, 2.75) is 39.3 Å². The van der Waals surface area contributed by atoms with E-state index in [4.69, 9.17) is 10.4 Å². The van der Waals surface area contributed by atoms with Crippen LogP contribution in [-0.2, 0) is 17.8 Å². The molecule has 1 aromatic carbocycles. The Labute approximate surface area is 114 Å². The molecule has 0 bridgehead atoms. The van der Waals surface area contributed by atoms with Gasteiger partial charge in [-0.15, -0.1) is 0 Å². The van der Waals surface area contributed by atoms with Crippen molar-refractivity contribution in [1.29, 1.82) is 5.26 Å². The van der Waals surface area contributed by atoms with Gasteiger partial charge < -0.3 is 5.11 Å². The maximum absolute atomic E-state index is 10.9. The van der Waals surface area contributed by atoms with Gasteiger partial charge in [0, 0.05) is 25.6 Å². The van der Waals surface area contributed by atoms with E-state index in [9.17, 15) is 4.79 Å². The van der Waals surface area contributed by atoms with Gasteiger partial charge in [0.15, 0.2) is 0 Å². The van der Waals surface area contributed by atoms with E-state index in [1.54, 1.807) is 0 Å². The zero-order valence-corrected chi connectivity index (χ0v) is 11.5. The molecule has 0 atom stereocenters. The fourth-order valence-electron chi connectivity index (χ4n) is 1.98. The third kappa shape index (κ3) is 5.11. The summed E-state index contributed by atoms with van der Waals surface area (Å²) in [5, 5.41) is 17.6. The molecule has 0 aliphatic rings. The summed E-state index contributed by atoms with van der Waals surface area (Å²) < 4.78 is 0. The largest absolute Gasteiger partial charge is 0.481 e. The molecule has 0 spiro atoms. The summed E-state index contributed by atoms with van der Waals surface area (Å²) in [6, 6.07) is 10.1. The molecular formula is C15H20N2O2. The molecule has 1 N–H and O–H groups in total. The van der Waals surface area contributed by atoms with Crippen LogP contribution in [0.2, 0.25) is 0 Å². The summed E-state index contributed by atoms with van der Waals surface area (Å²) >= 11 is 0. The van der Waals surface area contributed by atoms with Crippen molar-refractivity contribution in [3.8, 4) is 6.07 Å². The van der Waals surface area contributed by atoms with E-state index in [0.29, 0.717) is 25.6 Å². The number of carboxylic acids is 1. The second kappa shape index (κ2) is 7.55. The van der Waals surface area contributed by atoms with Crippen LogP contribution in [-0.4, -0.2) is 28.6 Å². The van der Waals surface area contributed by atoms with Crippen LogP contribution in [0, 0.1) is 11.3 Å². The van der Waals surface area contributed by atoms with Gasteiger partial charge in [0.1, 0.15) is 0 Å². The fraction of sp³-hybridized carbons (Fsp3) is 0.467. The van der Waals surface area contributed by atoms with E-state index in [1.165, 1.54) is 0 Å². The van der Waals surface area contributed by atoms with Gasteiger partial charge in [-0.05, 0) is 25.0 Å². The van der Waals surface area contributed by atoms with Crippen LogP contribution in [0.5, 0.6) is 0 Å². The van der Waals surface area contributed by atoms with Crippen LogP contribution in [0.4, 0.5) is 0 Å². The van der Waals surface area contributed by atoms with Crippen molar-refractivity contribution in [1.82, 2.24) is 4.90 Å². The monoisotopic (exact) mass is 260 g/mol. The van der Waals surface area contributed by atoms with Crippen molar-refractivity contribution in [3.63, 3.8) is 0 Å². The number of nitriles is 1. The lowest BCUT2D eigenvalue weighted by Gasteiger charge is -2.26. The molecular weight excluding hydrogens is 240 g/mol. The second-order valence-corrected chi connectivity index (χ2v) is 4.81. The number of carboxylic acid groups (broad SMARTS) is 1. The number of aliphatic carboxylic acids is 1. The maximum Gasteiger partial charge on any atom is 0.307 e. The van der Waals surface area contributed by atoms with Crippen LogP contribution >= 0.6 is 0 Å². The first-order valence-corrected chi connectivity index (χ1v) is 6.44. The second-order valence-electron chi connectivity index (χ2n) is 4.81. The van der Waals surface area contributed by atoms with Crippen molar-refractivity contribution >= 4 is 5.97 Å². The van der Waals surface area contributed by atoms with Crippen molar-refractivity contribution < 1.29 is 9.90 Å².